The molecule has 0 saturated carbocycles. The van der Waals surface area contributed by atoms with Crippen LogP contribution in [-0.2, 0) is 4.79 Å². The van der Waals surface area contributed by atoms with Gasteiger partial charge >= 0.3 is 67.5 Å². The summed E-state index contributed by atoms with van der Waals surface area (Å²) in [7, 11) is 0. The van der Waals surface area contributed by atoms with Crippen molar-refractivity contribution in [1.29, 1.82) is 0 Å². The molecule has 0 aliphatic carbocycles. The first-order valence-corrected chi connectivity index (χ1v) is 6.01. The number of hydrogen-bond donors (Lipinski definition) is 0. The quantitative estimate of drug-likeness (QED) is 0.639. The molecule has 0 saturated heterocycles. The van der Waals surface area contributed by atoms with Crippen LogP contribution in [-0.4, -0.2) is 0.824 Å². The van der Waals surface area contributed by atoms with Crippen molar-refractivity contribution in [2.45, 2.75) is 6.92 Å². The van der Waals surface area contributed by atoms with Crippen molar-refractivity contribution in [2.24, 2.45) is 0 Å². The molecule has 2 heteroatoms. The Kier molecular flexibility index (Phi) is 4.64. The van der Waals surface area contributed by atoms with E-state index >= 15 is 0 Å². The first-order valence-electron chi connectivity index (χ1n) is 1.90. The van der Waals surface area contributed by atoms with Gasteiger partial charge in [0.1, 0.15) is 0 Å². The molecule has 0 rings (SSSR count). The minimum absolute atomic E-state index is 0.0816. The molecule has 0 aliphatic rings. The Hall–Kier alpha value is 0.878. The predicted molar refractivity (Wildman–Crippen MR) is 21.2 cm³/mol. The summed E-state index contributed by atoms with van der Waals surface area (Å²) in [5.41, 5.74) is 0. The maximum atomic E-state index is 10.1. The van der Waals surface area contributed by atoms with E-state index in [1.54, 1.807) is 12.2 Å². The molecule has 30 valence electrons. The van der Waals surface area contributed by atoms with Crippen LogP contribution in [0.2, 0.25) is 0 Å². The summed E-state index contributed by atoms with van der Waals surface area (Å²) in [6, 6.07) is 0. The predicted octanol–water partition coefficient (Wildman–Crippen LogP) is 0.371. The summed E-state index contributed by atoms with van der Waals surface area (Å²) in [6.07, 6.45) is 3.41. The summed E-state index contributed by atoms with van der Waals surface area (Å²) in [6.45, 7) is 1.86. The van der Waals surface area contributed by atoms with Crippen LogP contribution < -0.4 is 0 Å². The zero-order valence-corrected chi connectivity index (χ0v) is 12.3. The molecule has 0 radical (unpaired) electrons. The van der Waals surface area contributed by atoms with Crippen LogP contribution in [0.3, 0.4) is 0 Å². The third kappa shape index (κ3) is 4.88. The summed E-state index contributed by atoms with van der Waals surface area (Å²) >= 11 is 0.0816. The Morgan fingerprint density at radius 1 is 1.83 bits per heavy atom. The van der Waals surface area contributed by atoms with E-state index in [1.807, 2.05) is 6.92 Å². The first kappa shape index (κ1) is 6.88. The third-order valence-electron chi connectivity index (χ3n) is 0.401. The average molecular weight is 296 g/mol. The van der Waals surface area contributed by atoms with Crippen LogP contribution in [0.5, 0.6) is 0 Å². The van der Waals surface area contributed by atoms with Crippen LogP contribution in [0.4, 0.5) is 0 Å². The standard InChI is InChI=1S/C4H5O.Ra.H/c1-2-3-4-5;;/h2-3H,1H3;;/b3-2+;;. The molecule has 0 bridgehead atoms. The zero-order valence-electron chi connectivity index (χ0n) is 4.06. The molecule has 0 unspecified atom stereocenters. The molecule has 0 fully saturated rings. The topological polar surface area (TPSA) is 17.1 Å². The normalized spacial score (nSPS) is 9.33. The van der Waals surface area contributed by atoms with Gasteiger partial charge in [-0.2, -0.15) is 0 Å². The van der Waals surface area contributed by atoms with Crippen molar-refractivity contribution in [3.05, 3.63) is 12.2 Å². The van der Waals surface area contributed by atoms with Gasteiger partial charge in [-0.05, 0) is 0 Å². The maximum absolute atomic E-state index is 10.1. The third-order valence-corrected chi connectivity index (χ3v) is 1.77. The summed E-state index contributed by atoms with van der Waals surface area (Å²) in [4.78, 5) is 10.1. The van der Waals surface area contributed by atoms with Gasteiger partial charge in [-0.3, -0.25) is 0 Å². The summed E-state index contributed by atoms with van der Waals surface area (Å²) in [5, 5.41) is 0. The summed E-state index contributed by atoms with van der Waals surface area (Å²) < 4.78 is 0.338. The van der Waals surface area contributed by atoms with Gasteiger partial charge in [0, 0.05) is 0 Å². The molecular weight excluding hydrogens is 290 g/mol. The fourth-order valence-electron chi connectivity index (χ4n) is 0.235. The van der Waals surface area contributed by atoms with Crippen LogP contribution >= 0.6 is 0 Å². The van der Waals surface area contributed by atoms with Crippen molar-refractivity contribution >= 4 is 0.824 Å². The Morgan fingerprint density at radius 2 is 2.33 bits per heavy atom. The van der Waals surface area contributed by atoms with Gasteiger partial charge in [-0.1, -0.05) is 0 Å². The van der Waals surface area contributed by atoms with E-state index in [0.29, 0.717) is 0.824 Å². The molecular formula is C4H6ORa. The van der Waals surface area contributed by atoms with Crippen LogP contribution in [0.1, 0.15) is 6.92 Å². The molecule has 0 amide bonds. The van der Waals surface area contributed by atoms with E-state index in [1.165, 1.54) is 0 Å². The van der Waals surface area contributed by atoms with Gasteiger partial charge in [0.15, 0.2) is 0 Å². The number of carbonyl (C=O) groups excluding carboxylic acids is 1. The number of carbonyl (C=O) groups is 1. The minimum atomic E-state index is 0.0816. The van der Waals surface area contributed by atoms with E-state index in [-0.39, 0.29) is 42.8 Å². The Balaban J connectivity index is 3.30. The first-order chi connectivity index (χ1) is 2.77. The monoisotopic (exact) mass is 296 g/mol. The number of allylic oxidation sites excluding steroid dienone is 2. The van der Waals surface area contributed by atoms with E-state index in [9.17, 15) is 4.79 Å². The fourth-order valence-corrected chi connectivity index (χ4v) is 1.60. The fraction of sp³-hybridized carbons (Fsp3) is 0.250. The second-order valence-corrected chi connectivity index (χ2v) is 5.16. The summed E-state index contributed by atoms with van der Waals surface area (Å²) in [5.74, 6) is 0. The van der Waals surface area contributed by atoms with Gasteiger partial charge in [-0.15, -0.1) is 0 Å². The zero-order chi connectivity index (χ0) is 4.99. The molecule has 0 aromatic carbocycles. The number of rotatable bonds is 1. The molecule has 0 aliphatic heterocycles. The van der Waals surface area contributed by atoms with Crippen molar-refractivity contribution in [2.75, 3.05) is 0 Å². The van der Waals surface area contributed by atoms with E-state index in [2.05, 4.69) is 0 Å². The van der Waals surface area contributed by atoms with Crippen molar-refractivity contribution in [3.8, 4) is 0 Å². The van der Waals surface area contributed by atoms with Crippen molar-refractivity contribution in [1.82, 2.24) is 0 Å². The molecule has 0 heterocycles. The number of hydrogen-bond acceptors (Lipinski definition) is 1. The Morgan fingerprint density at radius 3 is 2.33 bits per heavy atom. The van der Waals surface area contributed by atoms with Gasteiger partial charge in [0.2, 0.25) is 0 Å². The van der Waals surface area contributed by atoms with Crippen LogP contribution in [0.25, 0.3) is 0 Å². The second kappa shape index (κ2) is 4.05. The Labute approximate surface area is 66.6 Å². The molecule has 6 heavy (non-hydrogen) atoms. The molecule has 0 N–H and O–H groups in total. The second-order valence-electron chi connectivity index (χ2n) is 1.11. The molecule has 0 spiro atoms. The molecule has 0 atom stereocenters. The van der Waals surface area contributed by atoms with E-state index < -0.39 is 0 Å². The molecule has 0 aromatic heterocycles. The van der Waals surface area contributed by atoms with Crippen LogP contribution in [0.15, 0.2) is 12.2 Å². The SMILES string of the molecule is C/C=C/[C](=O)[RaH]. The van der Waals surface area contributed by atoms with Gasteiger partial charge in [-0.25, -0.2) is 0 Å². The Bertz CT molecular complexity index is 75.6. The van der Waals surface area contributed by atoms with Crippen LogP contribution in [0, 0.1) is 42.8 Å². The van der Waals surface area contributed by atoms with E-state index in [0.717, 1.165) is 0 Å². The van der Waals surface area contributed by atoms with Gasteiger partial charge in [0.25, 0.3) is 0 Å². The van der Waals surface area contributed by atoms with Gasteiger partial charge < -0.3 is 0 Å². The van der Waals surface area contributed by atoms with E-state index in [4.69, 9.17) is 0 Å². The van der Waals surface area contributed by atoms with Crippen molar-refractivity contribution in [3.63, 3.8) is 0 Å². The molecule has 0 aromatic rings. The molecule has 1 nitrogen and oxygen atoms in total. The average Bonchev–Trinajstić information content (AvgIpc) is 1.35. The van der Waals surface area contributed by atoms with Crippen molar-refractivity contribution < 1.29 is 47.6 Å². The van der Waals surface area contributed by atoms with Gasteiger partial charge in [0.05, 0.1) is 0 Å².